The van der Waals surface area contributed by atoms with Crippen LogP contribution in [0.15, 0.2) is 6.20 Å². The van der Waals surface area contributed by atoms with E-state index in [1.165, 1.54) is 6.20 Å². The number of primary amides is 1. The van der Waals surface area contributed by atoms with E-state index in [1.807, 2.05) is 0 Å². The number of carbonyl (C=O) groups excluding carboxylic acids is 1. The minimum Gasteiger partial charge on any atom is -0.370 e. The molecular formula is C9H14ClN5O. The van der Waals surface area contributed by atoms with E-state index in [1.54, 1.807) is 0 Å². The first-order chi connectivity index (χ1) is 7.59. The van der Waals surface area contributed by atoms with Gasteiger partial charge in [-0.1, -0.05) is 11.6 Å². The molecular weight excluding hydrogens is 230 g/mol. The molecule has 0 spiro atoms. The zero-order valence-corrected chi connectivity index (χ0v) is 9.50. The second-order valence-electron chi connectivity index (χ2n) is 3.27. The number of halogens is 1. The third-order valence-electron chi connectivity index (χ3n) is 1.91. The van der Waals surface area contributed by atoms with Crippen molar-refractivity contribution in [2.24, 2.45) is 5.73 Å². The third-order valence-corrected chi connectivity index (χ3v) is 2.18. The Balaban J connectivity index is 2.31. The van der Waals surface area contributed by atoms with Crippen LogP contribution in [0.25, 0.3) is 0 Å². The van der Waals surface area contributed by atoms with Crippen LogP contribution in [-0.4, -0.2) is 22.4 Å². The monoisotopic (exact) mass is 243 g/mol. The van der Waals surface area contributed by atoms with Gasteiger partial charge in [-0.15, -0.1) is 0 Å². The Morgan fingerprint density at radius 3 is 2.94 bits per heavy atom. The standard InChI is InChI=1S/C9H14ClN5O/c10-6-5-14-9(12)15-8(6)13-4-2-1-3-7(11)16/h5H,1-4H2,(H2,11,16)(H3,12,13,14,15). The molecule has 0 saturated carbocycles. The van der Waals surface area contributed by atoms with Gasteiger partial charge in [0.2, 0.25) is 11.9 Å². The van der Waals surface area contributed by atoms with Gasteiger partial charge in [0, 0.05) is 13.0 Å². The zero-order chi connectivity index (χ0) is 12.0. The van der Waals surface area contributed by atoms with Crippen LogP contribution in [0, 0.1) is 0 Å². The zero-order valence-electron chi connectivity index (χ0n) is 8.74. The van der Waals surface area contributed by atoms with Crippen LogP contribution in [-0.2, 0) is 4.79 Å². The first-order valence-electron chi connectivity index (χ1n) is 4.90. The average molecular weight is 244 g/mol. The Morgan fingerprint density at radius 2 is 2.25 bits per heavy atom. The number of nitrogens with one attached hydrogen (secondary N) is 1. The van der Waals surface area contributed by atoms with Crippen molar-refractivity contribution in [1.82, 2.24) is 9.97 Å². The summed E-state index contributed by atoms with van der Waals surface area (Å²) < 4.78 is 0. The van der Waals surface area contributed by atoms with Gasteiger partial charge >= 0.3 is 0 Å². The Bertz CT molecular complexity index is 371. The predicted molar refractivity (Wildman–Crippen MR) is 63.0 cm³/mol. The van der Waals surface area contributed by atoms with Crippen LogP contribution in [0.1, 0.15) is 19.3 Å². The van der Waals surface area contributed by atoms with Crippen molar-refractivity contribution in [1.29, 1.82) is 0 Å². The second kappa shape index (κ2) is 6.12. The molecule has 6 nitrogen and oxygen atoms in total. The van der Waals surface area contributed by atoms with Crippen molar-refractivity contribution < 1.29 is 4.79 Å². The van der Waals surface area contributed by atoms with E-state index in [0.29, 0.717) is 23.8 Å². The second-order valence-corrected chi connectivity index (χ2v) is 3.68. The van der Waals surface area contributed by atoms with Crippen molar-refractivity contribution in [3.05, 3.63) is 11.2 Å². The summed E-state index contributed by atoms with van der Waals surface area (Å²) in [6.45, 7) is 0.656. The number of hydrogen-bond donors (Lipinski definition) is 3. The maximum absolute atomic E-state index is 10.5. The maximum Gasteiger partial charge on any atom is 0.222 e. The van der Waals surface area contributed by atoms with Gasteiger partial charge < -0.3 is 16.8 Å². The first-order valence-corrected chi connectivity index (χ1v) is 5.27. The van der Waals surface area contributed by atoms with Gasteiger partial charge in [-0.2, -0.15) is 4.98 Å². The number of anilines is 2. The first kappa shape index (κ1) is 12.5. The third kappa shape index (κ3) is 4.31. The van der Waals surface area contributed by atoms with E-state index < -0.39 is 0 Å². The van der Waals surface area contributed by atoms with Crippen LogP contribution in [0.2, 0.25) is 5.02 Å². The topological polar surface area (TPSA) is 107 Å². The predicted octanol–water partition coefficient (Wildman–Crippen LogP) is 0.780. The van der Waals surface area contributed by atoms with Gasteiger partial charge in [-0.3, -0.25) is 4.79 Å². The molecule has 0 fully saturated rings. The highest BCUT2D eigenvalue weighted by Crippen LogP contribution is 2.18. The number of hydrogen-bond acceptors (Lipinski definition) is 5. The van der Waals surface area contributed by atoms with E-state index >= 15 is 0 Å². The quantitative estimate of drug-likeness (QED) is 0.640. The Hall–Kier alpha value is -1.56. The van der Waals surface area contributed by atoms with Crippen molar-refractivity contribution in [2.45, 2.75) is 19.3 Å². The highest BCUT2D eigenvalue weighted by Gasteiger charge is 2.02. The maximum atomic E-state index is 10.5. The number of nitrogens with zero attached hydrogens (tertiary/aromatic N) is 2. The highest BCUT2D eigenvalue weighted by atomic mass is 35.5. The van der Waals surface area contributed by atoms with Gasteiger partial charge in [0.15, 0.2) is 0 Å². The smallest absolute Gasteiger partial charge is 0.222 e. The Morgan fingerprint density at radius 1 is 1.50 bits per heavy atom. The fourth-order valence-electron chi connectivity index (χ4n) is 1.14. The fourth-order valence-corrected chi connectivity index (χ4v) is 1.29. The summed E-state index contributed by atoms with van der Waals surface area (Å²) in [5.74, 6) is 0.390. The molecule has 1 aromatic heterocycles. The lowest BCUT2D eigenvalue weighted by Crippen LogP contribution is -2.11. The number of nitrogen functional groups attached to an aromatic ring is 1. The van der Waals surface area contributed by atoms with Crippen LogP contribution < -0.4 is 16.8 Å². The Kier molecular flexibility index (Phi) is 4.78. The molecule has 7 heteroatoms. The molecule has 0 aliphatic rings. The SMILES string of the molecule is NC(=O)CCCCNc1nc(N)ncc1Cl. The molecule has 0 aliphatic carbocycles. The van der Waals surface area contributed by atoms with Crippen molar-refractivity contribution >= 4 is 29.3 Å². The molecule has 1 amide bonds. The van der Waals surface area contributed by atoms with Crippen LogP contribution in [0.3, 0.4) is 0 Å². The molecule has 0 unspecified atom stereocenters. The van der Waals surface area contributed by atoms with Gasteiger partial charge in [0.05, 0.1) is 6.20 Å². The molecule has 5 N–H and O–H groups in total. The summed E-state index contributed by atoms with van der Waals surface area (Å²) >= 11 is 5.84. The number of rotatable bonds is 6. The molecule has 0 saturated heterocycles. The minimum atomic E-state index is -0.288. The summed E-state index contributed by atoms with van der Waals surface area (Å²) in [6, 6.07) is 0. The van der Waals surface area contributed by atoms with Crippen molar-refractivity contribution in [3.63, 3.8) is 0 Å². The van der Waals surface area contributed by atoms with E-state index in [2.05, 4.69) is 15.3 Å². The van der Waals surface area contributed by atoms with Gasteiger partial charge in [-0.05, 0) is 12.8 Å². The summed E-state index contributed by atoms with van der Waals surface area (Å²) in [5, 5.41) is 3.43. The summed E-state index contributed by atoms with van der Waals surface area (Å²) in [6.07, 6.45) is 3.38. The summed E-state index contributed by atoms with van der Waals surface area (Å²) in [5.41, 5.74) is 10.4. The number of nitrogens with two attached hydrogens (primary N) is 2. The van der Waals surface area contributed by atoms with Gasteiger partial charge in [0.1, 0.15) is 10.8 Å². The lowest BCUT2D eigenvalue weighted by molar-refractivity contribution is -0.118. The summed E-state index contributed by atoms with van der Waals surface area (Å²) in [7, 11) is 0. The number of amides is 1. The Labute approximate surface area is 98.4 Å². The van der Waals surface area contributed by atoms with Crippen molar-refractivity contribution in [2.75, 3.05) is 17.6 Å². The minimum absolute atomic E-state index is 0.170. The van der Waals surface area contributed by atoms with E-state index in [4.69, 9.17) is 23.1 Å². The van der Waals surface area contributed by atoms with Crippen molar-refractivity contribution in [3.8, 4) is 0 Å². The molecule has 1 rings (SSSR count). The highest BCUT2D eigenvalue weighted by molar-refractivity contribution is 6.32. The molecule has 0 radical (unpaired) electrons. The van der Waals surface area contributed by atoms with Crippen LogP contribution in [0.5, 0.6) is 0 Å². The number of unbranched alkanes of at least 4 members (excludes halogenated alkanes) is 1. The lowest BCUT2D eigenvalue weighted by atomic mass is 10.2. The number of carbonyl (C=O) groups is 1. The van der Waals surface area contributed by atoms with E-state index in [0.717, 1.165) is 12.8 Å². The van der Waals surface area contributed by atoms with Crippen LogP contribution >= 0.6 is 11.6 Å². The molecule has 0 bridgehead atoms. The fraction of sp³-hybridized carbons (Fsp3) is 0.444. The van der Waals surface area contributed by atoms with Crippen LogP contribution in [0.4, 0.5) is 11.8 Å². The molecule has 0 aliphatic heterocycles. The van der Waals surface area contributed by atoms with E-state index in [-0.39, 0.29) is 11.9 Å². The van der Waals surface area contributed by atoms with E-state index in [9.17, 15) is 4.79 Å². The van der Waals surface area contributed by atoms with Gasteiger partial charge in [0.25, 0.3) is 0 Å². The largest absolute Gasteiger partial charge is 0.370 e. The molecule has 88 valence electrons. The molecule has 1 heterocycles. The normalized spacial score (nSPS) is 10.1. The molecule has 16 heavy (non-hydrogen) atoms. The molecule has 0 atom stereocenters. The molecule has 1 aromatic rings. The van der Waals surface area contributed by atoms with Gasteiger partial charge in [-0.25, -0.2) is 4.98 Å². The number of aromatic nitrogens is 2. The average Bonchev–Trinajstić information content (AvgIpc) is 2.22. The summed E-state index contributed by atoms with van der Waals surface area (Å²) in [4.78, 5) is 18.2. The lowest BCUT2D eigenvalue weighted by Gasteiger charge is -2.06. The molecule has 0 aromatic carbocycles.